The Balaban J connectivity index is 1.96. The highest BCUT2D eigenvalue weighted by Crippen LogP contribution is 2.29. The van der Waals surface area contributed by atoms with Crippen molar-refractivity contribution in [3.63, 3.8) is 0 Å². The Hall–Kier alpha value is -0.910. The Morgan fingerprint density at radius 1 is 1.24 bits per heavy atom. The molecule has 1 N–H and O–H groups in total. The summed E-state index contributed by atoms with van der Waals surface area (Å²) in [6.45, 7) is 11.5. The normalized spacial score (nSPS) is 22.5. The minimum atomic E-state index is 0.161. The molecule has 2 heterocycles. The van der Waals surface area contributed by atoms with Gasteiger partial charge in [-0.05, 0) is 33.6 Å². The predicted molar refractivity (Wildman–Crippen MR) is 89.9 cm³/mol. The van der Waals surface area contributed by atoms with Crippen LogP contribution in [-0.4, -0.2) is 71.4 Å². The molecule has 2 aliphatic rings. The lowest BCUT2D eigenvalue weighted by molar-refractivity contribution is -0.128. The number of carbonyl (C=O) groups is 1. The Morgan fingerprint density at radius 3 is 2.57 bits per heavy atom. The van der Waals surface area contributed by atoms with E-state index < -0.39 is 0 Å². The van der Waals surface area contributed by atoms with Gasteiger partial charge in [-0.15, -0.1) is 0 Å². The SMILES string of the molecule is CCNC(=NCC(=O)N1CCCC1)N1CCSC(C)(C)C1. The van der Waals surface area contributed by atoms with E-state index >= 15 is 0 Å². The highest BCUT2D eigenvalue weighted by molar-refractivity contribution is 8.00. The third-order valence-electron chi connectivity index (χ3n) is 3.88. The summed E-state index contributed by atoms with van der Waals surface area (Å²) >= 11 is 2.00. The van der Waals surface area contributed by atoms with Crippen molar-refractivity contribution in [3.05, 3.63) is 0 Å². The Bertz CT molecular complexity index is 391. The van der Waals surface area contributed by atoms with Crippen LogP contribution in [0.3, 0.4) is 0 Å². The van der Waals surface area contributed by atoms with Gasteiger partial charge in [0.2, 0.25) is 5.91 Å². The van der Waals surface area contributed by atoms with Crippen molar-refractivity contribution in [1.29, 1.82) is 0 Å². The molecule has 120 valence electrons. The number of likely N-dealkylation sites (tertiary alicyclic amines) is 1. The lowest BCUT2D eigenvalue weighted by Crippen LogP contribution is -2.51. The van der Waals surface area contributed by atoms with Gasteiger partial charge in [0.15, 0.2) is 5.96 Å². The van der Waals surface area contributed by atoms with E-state index in [0.29, 0.717) is 0 Å². The summed E-state index contributed by atoms with van der Waals surface area (Å²) < 4.78 is 0.243. The molecule has 0 aromatic heterocycles. The van der Waals surface area contributed by atoms with Crippen molar-refractivity contribution in [2.45, 2.75) is 38.4 Å². The van der Waals surface area contributed by atoms with Crippen molar-refractivity contribution in [2.24, 2.45) is 4.99 Å². The van der Waals surface area contributed by atoms with Crippen LogP contribution in [0.15, 0.2) is 4.99 Å². The Morgan fingerprint density at radius 2 is 1.95 bits per heavy atom. The van der Waals surface area contributed by atoms with Gasteiger partial charge in [0, 0.05) is 43.2 Å². The first kappa shape index (κ1) is 16.5. The van der Waals surface area contributed by atoms with Crippen LogP contribution in [0.5, 0.6) is 0 Å². The fraction of sp³-hybridized carbons (Fsp3) is 0.867. The van der Waals surface area contributed by atoms with Gasteiger partial charge in [-0.2, -0.15) is 11.8 Å². The molecule has 2 saturated heterocycles. The molecule has 2 fully saturated rings. The number of rotatable bonds is 3. The van der Waals surface area contributed by atoms with Crippen LogP contribution in [0.4, 0.5) is 0 Å². The van der Waals surface area contributed by atoms with Gasteiger partial charge < -0.3 is 15.1 Å². The first-order valence-corrected chi connectivity index (χ1v) is 8.95. The van der Waals surface area contributed by atoms with Crippen LogP contribution < -0.4 is 5.32 Å². The van der Waals surface area contributed by atoms with Crippen LogP contribution in [0.2, 0.25) is 0 Å². The minimum absolute atomic E-state index is 0.161. The molecule has 6 heteroatoms. The first-order valence-electron chi connectivity index (χ1n) is 7.97. The highest BCUT2D eigenvalue weighted by atomic mass is 32.2. The predicted octanol–water partition coefficient (Wildman–Crippen LogP) is 1.40. The zero-order valence-corrected chi connectivity index (χ0v) is 14.3. The van der Waals surface area contributed by atoms with Crippen LogP contribution in [-0.2, 0) is 4.79 Å². The van der Waals surface area contributed by atoms with Gasteiger partial charge in [-0.3, -0.25) is 4.79 Å². The second kappa shape index (κ2) is 7.38. The van der Waals surface area contributed by atoms with E-state index in [2.05, 4.69) is 36.0 Å². The van der Waals surface area contributed by atoms with E-state index in [1.807, 2.05) is 16.7 Å². The molecule has 5 nitrogen and oxygen atoms in total. The van der Waals surface area contributed by atoms with Crippen molar-refractivity contribution in [2.75, 3.05) is 45.0 Å². The molecule has 0 aromatic carbocycles. The second-order valence-corrected chi connectivity index (χ2v) is 8.09. The number of guanidine groups is 1. The molecule has 0 aromatic rings. The number of carbonyl (C=O) groups excluding carboxylic acids is 1. The van der Waals surface area contributed by atoms with E-state index in [1.165, 1.54) is 0 Å². The molecule has 0 spiro atoms. The maximum absolute atomic E-state index is 12.1. The smallest absolute Gasteiger partial charge is 0.244 e. The van der Waals surface area contributed by atoms with Crippen molar-refractivity contribution in [1.82, 2.24) is 15.1 Å². The number of hydrogen-bond acceptors (Lipinski definition) is 3. The Labute approximate surface area is 132 Å². The molecule has 2 aliphatic heterocycles. The van der Waals surface area contributed by atoms with E-state index in [1.54, 1.807) is 0 Å². The molecular formula is C15H28N4OS. The number of thioether (sulfide) groups is 1. The summed E-state index contributed by atoms with van der Waals surface area (Å²) in [5, 5.41) is 3.33. The van der Waals surface area contributed by atoms with Crippen LogP contribution in [0.1, 0.15) is 33.6 Å². The third-order valence-corrected chi connectivity index (χ3v) is 5.18. The Kier molecular flexibility index (Phi) is 5.79. The lowest BCUT2D eigenvalue weighted by Gasteiger charge is -2.39. The molecule has 0 unspecified atom stereocenters. The average Bonchev–Trinajstić information content (AvgIpc) is 2.96. The second-order valence-electron chi connectivity index (χ2n) is 6.29. The highest BCUT2D eigenvalue weighted by Gasteiger charge is 2.29. The van der Waals surface area contributed by atoms with Crippen molar-refractivity contribution in [3.8, 4) is 0 Å². The molecule has 0 atom stereocenters. The summed E-state index contributed by atoms with van der Waals surface area (Å²) in [5.41, 5.74) is 0. The quantitative estimate of drug-likeness (QED) is 0.632. The van der Waals surface area contributed by atoms with Crippen molar-refractivity contribution >= 4 is 23.6 Å². The number of hydrogen-bond donors (Lipinski definition) is 1. The molecular weight excluding hydrogens is 284 g/mol. The topological polar surface area (TPSA) is 47.9 Å². The van der Waals surface area contributed by atoms with E-state index in [-0.39, 0.29) is 17.2 Å². The van der Waals surface area contributed by atoms with Crippen LogP contribution in [0, 0.1) is 0 Å². The zero-order chi connectivity index (χ0) is 15.3. The summed E-state index contributed by atoms with van der Waals surface area (Å²) in [4.78, 5) is 20.9. The third kappa shape index (κ3) is 4.80. The van der Waals surface area contributed by atoms with E-state index in [4.69, 9.17) is 0 Å². The molecule has 1 amide bonds. The van der Waals surface area contributed by atoms with Crippen LogP contribution >= 0.6 is 11.8 Å². The summed E-state index contributed by atoms with van der Waals surface area (Å²) in [6.07, 6.45) is 2.26. The van der Waals surface area contributed by atoms with Gasteiger partial charge in [0.05, 0.1) is 0 Å². The fourth-order valence-electron chi connectivity index (χ4n) is 2.83. The maximum atomic E-state index is 12.1. The monoisotopic (exact) mass is 312 g/mol. The minimum Gasteiger partial charge on any atom is -0.357 e. The molecule has 0 radical (unpaired) electrons. The molecule has 0 saturated carbocycles. The fourth-order valence-corrected chi connectivity index (χ4v) is 3.94. The first-order chi connectivity index (χ1) is 10.0. The standard InChI is InChI=1S/C15H28N4OS/c1-4-16-14(19-9-10-21-15(2,3)12-19)17-11-13(20)18-7-5-6-8-18/h4-12H2,1-3H3,(H,16,17). The van der Waals surface area contributed by atoms with Gasteiger partial charge in [-0.1, -0.05) is 0 Å². The van der Waals surface area contributed by atoms with Gasteiger partial charge in [0.1, 0.15) is 6.54 Å². The largest absolute Gasteiger partial charge is 0.357 e. The zero-order valence-electron chi connectivity index (χ0n) is 13.5. The average molecular weight is 312 g/mol. The summed E-state index contributed by atoms with van der Waals surface area (Å²) in [6, 6.07) is 0. The van der Waals surface area contributed by atoms with Gasteiger partial charge >= 0.3 is 0 Å². The molecule has 2 rings (SSSR count). The lowest BCUT2D eigenvalue weighted by atomic mass is 10.2. The van der Waals surface area contributed by atoms with E-state index in [9.17, 15) is 4.79 Å². The molecule has 0 bridgehead atoms. The number of nitrogens with one attached hydrogen (secondary N) is 1. The maximum Gasteiger partial charge on any atom is 0.244 e. The van der Waals surface area contributed by atoms with Gasteiger partial charge in [-0.25, -0.2) is 4.99 Å². The molecule has 21 heavy (non-hydrogen) atoms. The van der Waals surface area contributed by atoms with Gasteiger partial charge in [0.25, 0.3) is 0 Å². The van der Waals surface area contributed by atoms with Crippen molar-refractivity contribution < 1.29 is 4.79 Å². The van der Waals surface area contributed by atoms with E-state index in [0.717, 1.165) is 57.3 Å². The summed E-state index contributed by atoms with van der Waals surface area (Å²) in [7, 11) is 0. The summed E-state index contributed by atoms with van der Waals surface area (Å²) in [5.74, 6) is 2.16. The molecule has 0 aliphatic carbocycles. The number of amides is 1. The number of nitrogens with zero attached hydrogens (tertiary/aromatic N) is 3. The van der Waals surface area contributed by atoms with Crippen LogP contribution in [0.25, 0.3) is 0 Å². The number of aliphatic imine (C=N–C) groups is 1.